The first-order chi connectivity index (χ1) is 12.1. The largest absolute Gasteiger partial charge is 0.384 e. The third-order valence-electron chi connectivity index (χ3n) is 3.64. The molecule has 0 saturated carbocycles. The Balaban J connectivity index is 1.57. The number of hydrogen-bond donors (Lipinski definition) is 4. The maximum Gasteiger partial charge on any atom is 0.122 e. The first-order valence-corrected chi connectivity index (χ1v) is 8.08. The second kappa shape index (κ2) is 9.56. The molecule has 0 atom stereocenters. The van der Waals surface area contributed by atoms with Crippen molar-refractivity contribution in [2.75, 3.05) is 13.2 Å². The molecule has 0 amide bonds. The zero-order valence-corrected chi connectivity index (χ0v) is 14.1. The zero-order valence-electron chi connectivity index (χ0n) is 14.1. The van der Waals surface area contributed by atoms with E-state index in [9.17, 15) is 0 Å². The minimum Gasteiger partial charge on any atom is -0.384 e. The molecule has 0 unspecified atom stereocenters. The van der Waals surface area contributed by atoms with Gasteiger partial charge in [0.25, 0.3) is 0 Å². The Bertz CT molecular complexity index is 635. The molecular weight excluding hydrogens is 316 g/mol. The summed E-state index contributed by atoms with van der Waals surface area (Å²) in [4.78, 5) is 0. The van der Waals surface area contributed by atoms with Gasteiger partial charge in [-0.2, -0.15) is 0 Å². The van der Waals surface area contributed by atoms with E-state index in [0.717, 1.165) is 17.5 Å². The summed E-state index contributed by atoms with van der Waals surface area (Å²) in [5.41, 5.74) is 14.4. The summed E-state index contributed by atoms with van der Waals surface area (Å²) >= 11 is 0. The fraction of sp³-hybridized carbons (Fsp3) is 0.263. The molecule has 2 aromatic rings. The van der Waals surface area contributed by atoms with Gasteiger partial charge in [-0.25, -0.2) is 0 Å². The summed E-state index contributed by atoms with van der Waals surface area (Å²) in [6.07, 6.45) is 0.817. The second-order valence-corrected chi connectivity index (χ2v) is 5.68. The molecule has 0 aromatic heterocycles. The number of nitrogens with one attached hydrogen (secondary N) is 2. The zero-order chi connectivity index (χ0) is 18.1. The standard InChI is InChI=1S/C19H24N4O2/c20-18(21)16-6-2-14(3-7-16)12-24-10-1-11-25-13-15-4-8-17(9-5-15)19(22)23/h2-9H,1,10-13H2,(H3,20,21)(H3,22,23). The Labute approximate surface area is 147 Å². The predicted molar refractivity (Wildman–Crippen MR) is 98.8 cm³/mol. The van der Waals surface area contributed by atoms with Crippen molar-refractivity contribution in [3.8, 4) is 0 Å². The average molecular weight is 340 g/mol. The van der Waals surface area contributed by atoms with E-state index in [0.29, 0.717) is 37.6 Å². The molecule has 0 aliphatic carbocycles. The van der Waals surface area contributed by atoms with Crippen LogP contribution >= 0.6 is 0 Å². The van der Waals surface area contributed by atoms with Gasteiger partial charge in [-0.1, -0.05) is 48.5 Å². The highest BCUT2D eigenvalue weighted by molar-refractivity contribution is 5.95. The third kappa shape index (κ3) is 6.37. The molecule has 0 fully saturated rings. The van der Waals surface area contributed by atoms with Crippen LogP contribution in [-0.2, 0) is 22.7 Å². The number of hydrogen-bond acceptors (Lipinski definition) is 4. The van der Waals surface area contributed by atoms with Crippen LogP contribution < -0.4 is 11.5 Å². The number of rotatable bonds is 10. The second-order valence-electron chi connectivity index (χ2n) is 5.68. The van der Waals surface area contributed by atoms with Gasteiger partial charge >= 0.3 is 0 Å². The molecule has 2 aromatic carbocycles. The Morgan fingerprint density at radius 1 is 0.680 bits per heavy atom. The lowest BCUT2D eigenvalue weighted by Crippen LogP contribution is -2.10. The van der Waals surface area contributed by atoms with E-state index in [1.165, 1.54) is 0 Å². The highest BCUT2D eigenvalue weighted by Crippen LogP contribution is 2.07. The van der Waals surface area contributed by atoms with Crippen LogP contribution in [0.5, 0.6) is 0 Å². The SMILES string of the molecule is N=C(N)c1ccc(COCCCOCc2ccc(C(=N)N)cc2)cc1. The number of benzene rings is 2. The topological polar surface area (TPSA) is 118 Å². The van der Waals surface area contributed by atoms with Gasteiger partial charge in [-0.05, 0) is 17.5 Å². The fourth-order valence-electron chi connectivity index (χ4n) is 2.20. The van der Waals surface area contributed by atoms with Gasteiger partial charge < -0.3 is 20.9 Å². The molecule has 0 aliphatic heterocycles. The Morgan fingerprint density at radius 3 is 1.36 bits per heavy atom. The highest BCUT2D eigenvalue weighted by atomic mass is 16.5. The molecule has 0 bridgehead atoms. The normalized spacial score (nSPS) is 10.6. The molecule has 0 heterocycles. The molecule has 132 valence electrons. The Kier molecular flexibility index (Phi) is 7.13. The van der Waals surface area contributed by atoms with Gasteiger partial charge in [-0.3, -0.25) is 10.8 Å². The predicted octanol–water partition coefficient (Wildman–Crippen LogP) is 2.38. The lowest BCUT2D eigenvalue weighted by molar-refractivity contribution is 0.0695. The summed E-state index contributed by atoms with van der Waals surface area (Å²) in [5.74, 6) is 0.140. The van der Waals surface area contributed by atoms with Crippen LogP contribution in [0.4, 0.5) is 0 Å². The number of ether oxygens (including phenoxy) is 2. The van der Waals surface area contributed by atoms with Crippen molar-refractivity contribution >= 4 is 11.7 Å². The summed E-state index contributed by atoms with van der Waals surface area (Å²) < 4.78 is 11.2. The van der Waals surface area contributed by atoms with Crippen LogP contribution in [0.2, 0.25) is 0 Å². The smallest absolute Gasteiger partial charge is 0.122 e. The highest BCUT2D eigenvalue weighted by Gasteiger charge is 1.99. The molecular formula is C19H24N4O2. The molecule has 6 nitrogen and oxygen atoms in total. The molecule has 0 aliphatic rings. The van der Waals surface area contributed by atoms with E-state index >= 15 is 0 Å². The summed E-state index contributed by atoms with van der Waals surface area (Å²) in [6.45, 7) is 2.31. The summed E-state index contributed by atoms with van der Waals surface area (Å²) in [7, 11) is 0. The van der Waals surface area contributed by atoms with Crippen molar-refractivity contribution in [3.05, 3.63) is 70.8 Å². The van der Waals surface area contributed by atoms with Crippen LogP contribution in [0.1, 0.15) is 28.7 Å². The molecule has 0 spiro atoms. The number of nitrogen functional groups attached to an aromatic ring is 2. The van der Waals surface area contributed by atoms with Crippen molar-refractivity contribution in [2.24, 2.45) is 11.5 Å². The van der Waals surface area contributed by atoms with Gasteiger partial charge in [0.1, 0.15) is 11.7 Å². The van der Waals surface area contributed by atoms with E-state index in [-0.39, 0.29) is 11.7 Å². The van der Waals surface area contributed by atoms with E-state index in [1.807, 2.05) is 48.5 Å². The van der Waals surface area contributed by atoms with Crippen molar-refractivity contribution < 1.29 is 9.47 Å². The van der Waals surface area contributed by atoms with Crippen LogP contribution in [0.15, 0.2) is 48.5 Å². The van der Waals surface area contributed by atoms with Crippen LogP contribution in [0.25, 0.3) is 0 Å². The van der Waals surface area contributed by atoms with Crippen LogP contribution in [0, 0.1) is 10.8 Å². The lowest BCUT2D eigenvalue weighted by atomic mass is 10.1. The first-order valence-electron chi connectivity index (χ1n) is 8.08. The maximum atomic E-state index is 7.35. The molecule has 0 radical (unpaired) electrons. The van der Waals surface area contributed by atoms with Crippen molar-refractivity contribution in [3.63, 3.8) is 0 Å². The molecule has 6 N–H and O–H groups in total. The summed E-state index contributed by atoms with van der Waals surface area (Å²) in [6, 6.07) is 14.9. The van der Waals surface area contributed by atoms with Crippen LogP contribution in [0.3, 0.4) is 0 Å². The molecule has 2 rings (SSSR count). The Hall–Kier alpha value is -2.70. The minimum atomic E-state index is 0.0700. The lowest BCUT2D eigenvalue weighted by Gasteiger charge is -2.07. The van der Waals surface area contributed by atoms with Gasteiger partial charge in [0.05, 0.1) is 13.2 Å². The minimum absolute atomic E-state index is 0.0700. The third-order valence-corrected chi connectivity index (χ3v) is 3.64. The van der Waals surface area contributed by atoms with E-state index in [1.54, 1.807) is 0 Å². The van der Waals surface area contributed by atoms with Gasteiger partial charge in [0.2, 0.25) is 0 Å². The van der Waals surface area contributed by atoms with Gasteiger partial charge in [0, 0.05) is 24.3 Å². The molecule has 25 heavy (non-hydrogen) atoms. The molecule has 6 heteroatoms. The van der Waals surface area contributed by atoms with Crippen LogP contribution in [-0.4, -0.2) is 24.9 Å². The molecule has 0 saturated heterocycles. The summed E-state index contributed by atoms with van der Waals surface area (Å²) in [5, 5.41) is 14.7. The van der Waals surface area contributed by atoms with E-state index in [4.69, 9.17) is 31.8 Å². The van der Waals surface area contributed by atoms with Crippen molar-refractivity contribution in [1.82, 2.24) is 0 Å². The average Bonchev–Trinajstić information content (AvgIpc) is 2.61. The quantitative estimate of drug-likeness (QED) is 0.302. The van der Waals surface area contributed by atoms with Crippen molar-refractivity contribution in [1.29, 1.82) is 10.8 Å². The van der Waals surface area contributed by atoms with E-state index in [2.05, 4.69) is 0 Å². The maximum absolute atomic E-state index is 7.35. The monoisotopic (exact) mass is 340 g/mol. The van der Waals surface area contributed by atoms with Crippen molar-refractivity contribution in [2.45, 2.75) is 19.6 Å². The fourth-order valence-corrected chi connectivity index (χ4v) is 2.20. The Morgan fingerprint density at radius 2 is 1.04 bits per heavy atom. The van der Waals surface area contributed by atoms with E-state index < -0.39 is 0 Å². The number of amidine groups is 2. The van der Waals surface area contributed by atoms with Gasteiger partial charge in [0.15, 0.2) is 0 Å². The van der Waals surface area contributed by atoms with Gasteiger partial charge in [-0.15, -0.1) is 0 Å². The first kappa shape index (κ1) is 18.6. The number of nitrogens with two attached hydrogens (primary N) is 2.